The van der Waals surface area contributed by atoms with Gasteiger partial charge in [-0.2, -0.15) is 0 Å². The first-order valence-corrected chi connectivity index (χ1v) is 24.7. The van der Waals surface area contributed by atoms with Gasteiger partial charge in [0.2, 0.25) is 0 Å². The number of rotatable bonds is 6. The Labute approximate surface area is 271 Å². The Morgan fingerprint density at radius 1 is 0.571 bits per heavy atom. The van der Waals surface area contributed by atoms with Crippen LogP contribution < -0.4 is 0 Å². The van der Waals surface area contributed by atoms with E-state index < -0.39 is 16.1 Å². The summed E-state index contributed by atoms with van der Waals surface area (Å²) >= 11 is 7.23. The zero-order valence-electron chi connectivity index (χ0n) is 25.9. The molecule has 0 aliphatic carbocycles. The van der Waals surface area contributed by atoms with Crippen molar-refractivity contribution in [1.82, 2.24) is 0 Å². The molecule has 4 aromatic heterocycles. The smallest absolute Gasteiger partial charge is 0.129 e. The van der Waals surface area contributed by atoms with Crippen molar-refractivity contribution in [3.8, 4) is 75.9 Å². The second-order valence-corrected chi connectivity index (χ2v) is 25.9. The fourth-order valence-electron chi connectivity index (χ4n) is 3.83. The number of hydrogen-bond donors (Lipinski definition) is 0. The summed E-state index contributed by atoms with van der Waals surface area (Å²) in [5, 5.41) is 0. The van der Waals surface area contributed by atoms with Crippen LogP contribution in [0.2, 0.25) is 39.3 Å². The fourth-order valence-corrected chi connectivity index (χ4v) is 9.12. The van der Waals surface area contributed by atoms with Crippen LogP contribution in [0.4, 0.5) is 0 Å². The molecule has 4 rings (SSSR count). The molecular weight excluding hydrogens is 617 g/mol. The van der Waals surface area contributed by atoms with Crippen LogP contribution in [0.1, 0.15) is 60.4 Å². The van der Waals surface area contributed by atoms with Gasteiger partial charge in [-0.3, -0.25) is 0 Å². The Balaban J connectivity index is 1.62. The van der Waals surface area contributed by atoms with Gasteiger partial charge in [-0.05, 0) is 49.7 Å². The molecule has 214 valence electrons. The lowest BCUT2D eigenvalue weighted by molar-refractivity contribution is 0.737. The summed E-state index contributed by atoms with van der Waals surface area (Å²) in [6, 6.07) is 13.5. The second kappa shape index (κ2) is 14.3. The van der Waals surface area contributed by atoms with Crippen molar-refractivity contribution >= 4 is 61.5 Å². The van der Waals surface area contributed by atoms with E-state index in [2.05, 4.69) is 129 Å². The Kier molecular flexibility index (Phi) is 11.0. The summed E-state index contributed by atoms with van der Waals surface area (Å²) in [6.07, 6.45) is 4.58. The van der Waals surface area contributed by atoms with Gasteiger partial charge in [-0.15, -0.1) is 62.4 Å². The van der Waals surface area contributed by atoms with Gasteiger partial charge in [-0.25, -0.2) is 0 Å². The molecule has 0 nitrogen and oxygen atoms in total. The van der Waals surface area contributed by atoms with E-state index in [-0.39, 0.29) is 0 Å². The predicted molar refractivity (Wildman–Crippen MR) is 198 cm³/mol. The Morgan fingerprint density at radius 3 is 1.45 bits per heavy atom. The molecule has 42 heavy (non-hydrogen) atoms. The second-order valence-electron chi connectivity index (χ2n) is 12.2. The molecular formula is C36H38S4Si2. The maximum atomic E-state index is 3.55. The zero-order valence-corrected chi connectivity index (χ0v) is 31.2. The Morgan fingerprint density at radius 2 is 1.02 bits per heavy atom. The van der Waals surface area contributed by atoms with Crippen molar-refractivity contribution in [3.63, 3.8) is 0 Å². The molecule has 6 heteroatoms. The molecule has 0 saturated heterocycles. The van der Waals surface area contributed by atoms with Gasteiger partial charge in [0.1, 0.15) is 16.1 Å². The van der Waals surface area contributed by atoms with Crippen LogP contribution >= 0.6 is 45.3 Å². The minimum atomic E-state index is -1.48. The molecule has 0 aliphatic rings. The zero-order chi connectivity index (χ0) is 30.3. The predicted octanol–water partition coefficient (Wildman–Crippen LogP) is 11.7. The summed E-state index contributed by atoms with van der Waals surface area (Å²) in [6.45, 7) is 17.8. The fraction of sp³-hybridized carbons (Fsp3) is 0.333. The van der Waals surface area contributed by atoms with Gasteiger partial charge < -0.3 is 0 Å². The van der Waals surface area contributed by atoms with Crippen LogP contribution in [0, 0.1) is 46.6 Å². The van der Waals surface area contributed by atoms with Gasteiger partial charge in [0, 0.05) is 35.7 Å². The highest BCUT2D eigenvalue weighted by Gasteiger charge is 2.16. The van der Waals surface area contributed by atoms with Crippen molar-refractivity contribution < 1.29 is 0 Å². The van der Waals surface area contributed by atoms with Gasteiger partial charge in [0.25, 0.3) is 0 Å². The molecule has 4 heterocycles. The molecule has 0 fully saturated rings. The van der Waals surface area contributed by atoms with E-state index >= 15 is 0 Å². The first-order chi connectivity index (χ1) is 20.0. The molecule has 0 N–H and O–H groups in total. The largest absolute Gasteiger partial charge is 0.134 e. The maximum Gasteiger partial charge on any atom is 0.129 e. The Bertz CT molecular complexity index is 1800. The molecule has 0 aromatic carbocycles. The topological polar surface area (TPSA) is 0 Å². The number of hydrogen-bond acceptors (Lipinski definition) is 4. The summed E-state index contributed by atoms with van der Waals surface area (Å²) in [5.41, 5.74) is 9.21. The average Bonchev–Trinajstić information content (AvgIpc) is 3.71. The van der Waals surface area contributed by atoms with E-state index in [0.29, 0.717) is 0 Å². The van der Waals surface area contributed by atoms with Crippen molar-refractivity contribution in [2.45, 2.75) is 78.8 Å². The summed E-state index contributed by atoms with van der Waals surface area (Å²) < 4.78 is 0. The van der Waals surface area contributed by atoms with Crippen molar-refractivity contribution in [2.75, 3.05) is 0 Å². The monoisotopic (exact) mass is 654 g/mol. The summed E-state index contributed by atoms with van der Waals surface area (Å²) in [7, 11) is -2.94. The van der Waals surface area contributed by atoms with Crippen LogP contribution in [0.15, 0.2) is 36.4 Å². The maximum absolute atomic E-state index is 3.55. The lowest BCUT2D eigenvalue weighted by atomic mass is 10.2. The standard InChI is InChI=1S/C36H38S4Si2/c1-9-11-12-13-14-16-30-28(22-24-42(6,7)8)26-36(38-30)34-20-18-32(40-34)31-17-19-33(39-31)35-25-27(21-23-41(3,4)5)29(37-35)15-10-2/h17-20,25-26H,9,11-13H2,1-8H3. The van der Waals surface area contributed by atoms with Crippen LogP contribution in [-0.2, 0) is 0 Å². The van der Waals surface area contributed by atoms with Gasteiger partial charge in [-0.1, -0.05) is 88.6 Å². The van der Waals surface area contributed by atoms with Crippen molar-refractivity contribution in [3.05, 3.63) is 57.3 Å². The first kappa shape index (κ1) is 32.4. The van der Waals surface area contributed by atoms with E-state index in [1.165, 1.54) is 48.5 Å². The third kappa shape index (κ3) is 9.23. The summed E-state index contributed by atoms with van der Waals surface area (Å²) in [5.74, 6) is 20.2. The molecule has 0 unspecified atom stereocenters. The molecule has 0 spiro atoms. The molecule has 0 radical (unpaired) electrons. The third-order valence-electron chi connectivity index (χ3n) is 5.89. The summed E-state index contributed by atoms with van der Waals surface area (Å²) in [4.78, 5) is 9.81. The average molecular weight is 655 g/mol. The quantitative estimate of drug-likeness (QED) is 0.110. The van der Waals surface area contributed by atoms with E-state index in [1.54, 1.807) is 22.7 Å². The molecule has 4 aromatic rings. The minimum absolute atomic E-state index is 0.953. The van der Waals surface area contributed by atoms with Gasteiger partial charge in [0.05, 0.1) is 20.9 Å². The van der Waals surface area contributed by atoms with Crippen LogP contribution in [0.5, 0.6) is 0 Å². The van der Waals surface area contributed by atoms with Crippen LogP contribution in [-0.4, -0.2) is 16.1 Å². The van der Waals surface area contributed by atoms with Gasteiger partial charge >= 0.3 is 0 Å². The van der Waals surface area contributed by atoms with Gasteiger partial charge in [0.15, 0.2) is 0 Å². The molecule has 0 atom stereocenters. The van der Waals surface area contributed by atoms with Crippen LogP contribution in [0.3, 0.4) is 0 Å². The molecule has 0 saturated carbocycles. The molecule has 0 aliphatic heterocycles. The van der Waals surface area contributed by atoms with Crippen LogP contribution in [0.25, 0.3) is 29.3 Å². The molecule has 0 amide bonds. The normalized spacial score (nSPS) is 11.0. The van der Waals surface area contributed by atoms with Crippen molar-refractivity contribution in [2.24, 2.45) is 0 Å². The molecule has 0 bridgehead atoms. The van der Waals surface area contributed by atoms with Crippen molar-refractivity contribution in [1.29, 1.82) is 0 Å². The highest BCUT2D eigenvalue weighted by molar-refractivity contribution is 7.28. The minimum Gasteiger partial charge on any atom is -0.134 e. The van der Waals surface area contributed by atoms with E-state index in [9.17, 15) is 0 Å². The highest BCUT2D eigenvalue weighted by Crippen LogP contribution is 2.44. The number of unbranched alkanes of at least 4 members (excludes halogenated alkanes) is 3. The van der Waals surface area contributed by atoms with E-state index in [0.717, 1.165) is 27.3 Å². The SMILES string of the molecule is CC#Cc1sc(-c2ccc(-c3ccc(-c4cc(C#C[Si](C)(C)C)c(C#CCCCCC)s4)s3)s2)cc1C#C[Si](C)(C)C. The lowest BCUT2D eigenvalue weighted by Crippen LogP contribution is -2.16. The first-order valence-electron chi connectivity index (χ1n) is 14.4. The van der Waals surface area contributed by atoms with E-state index in [1.807, 2.05) is 29.6 Å². The third-order valence-corrected chi connectivity index (χ3v) is 12.5. The number of thiophene rings is 4. The Hall–Kier alpha value is -2.53. The van der Waals surface area contributed by atoms with E-state index in [4.69, 9.17) is 0 Å². The lowest BCUT2D eigenvalue weighted by Gasteiger charge is -2.02. The highest BCUT2D eigenvalue weighted by atomic mass is 32.1.